The first-order valence-corrected chi connectivity index (χ1v) is 12.2. The van der Waals surface area contributed by atoms with E-state index in [2.05, 4.69) is 0 Å². The standard InChI is InChI=1S/C22H34N2O6S/c1-6-24(7-2)31(27,28)20-11-8-19(9-12-20)10-13-21(25)30-18(5)22(26)23-14-16(3)29-17(4)15-23/h8-9,11-12,16-18H,6-7,10,13-15H2,1-5H3. The predicted molar refractivity (Wildman–Crippen MR) is 117 cm³/mol. The van der Waals surface area contributed by atoms with Crippen molar-refractivity contribution in [2.24, 2.45) is 0 Å². The van der Waals surface area contributed by atoms with Gasteiger partial charge in [0.05, 0.1) is 17.1 Å². The molecule has 3 atom stereocenters. The zero-order valence-electron chi connectivity index (χ0n) is 19.0. The first-order valence-electron chi connectivity index (χ1n) is 10.8. The third-order valence-corrected chi connectivity index (χ3v) is 7.34. The number of aryl methyl sites for hydroxylation is 1. The highest BCUT2D eigenvalue weighted by molar-refractivity contribution is 7.89. The van der Waals surface area contributed by atoms with Gasteiger partial charge in [-0.1, -0.05) is 26.0 Å². The van der Waals surface area contributed by atoms with E-state index in [1.165, 1.54) is 4.31 Å². The van der Waals surface area contributed by atoms with E-state index in [0.29, 0.717) is 32.6 Å². The Morgan fingerprint density at radius 2 is 1.68 bits per heavy atom. The van der Waals surface area contributed by atoms with Gasteiger partial charge in [-0.3, -0.25) is 9.59 Å². The molecule has 1 aromatic rings. The number of carbonyl (C=O) groups is 2. The van der Waals surface area contributed by atoms with E-state index >= 15 is 0 Å². The van der Waals surface area contributed by atoms with Gasteiger partial charge in [0.1, 0.15) is 0 Å². The monoisotopic (exact) mass is 454 g/mol. The summed E-state index contributed by atoms with van der Waals surface area (Å²) >= 11 is 0. The number of morpholine rings is 1. The highest BCUT2D eigenvalue weighted by Crippen LogP contribution is 2.17. The fourth-order valence-electron chi connectivity index (χ4n) is 3.71. The summed E-state index contributed by atoms with van der Waals surface area (Å²) in [4.78, 5) is 26.7. The summed E-state index contributed by atoms with van der Waals surface area (Å²) in [7, 11) is -3.50. The van der Waals surface area contributed by atoms with Crippen molar-refractivity contribution in [3.8, 4) is 0 Å². The van der Waals surface area contributed by atoms with Crippen LogP contribution in [0, 0.1) is 0 Å². The molecule has 31 heavy (non-hydrogen) atoms. The van der Waals surface area contributed by atoms with Gasteiger partial charge in [0, 0.05) is 32.6 Å². The van der Waals surface area contributed by atoms with E-state index in [-0.39, 0.29) is 29.4 Å². The Hall–Kier alpha value is -1.97. The Morgan fingerprint density at radius 1 is 1.13 bits per heavy atom. The summed E-state index contributed by atoms with van der Waals surface area (Å²) in [5, 5.41) is 0. The average molecular weight is 455 g/mol. The minimum atomic E-state index is -3.50. The Bertz CT molecular complexity index is 841. The summed E-state index contributed by atoms with van der Waals surface area (Å²) in [5.41, 5.74) is 0.824. The van der Waals surface area contributed by atoms with Crippen molar-refractivity contribution in [1.82, 2.24) is 9.21 Å². The van der Waals surface area contributed by atoms with Crippen LogP contribution in [0.15, 0.2) is 29.2 Å². The molecule has 0 bridgehead atoms. The fraction of sp³-hybridized carbons (Fsp3) is 0.636. The lowest BCUT2D eigenvalue weighted by molar-refractivity contribution is -0.164. The molecule has 1 amide bonds. The molecular formula is C22H34N2O6S. The van der Waals surface area contributed by atoms with Gasteiger partial charge in [-0.05, 0) is 44.9 Å². The zero-order valence-corrected chi connectivity index (χ0v) is 19.9. The molecule has 0 radical (unpaired) electrons. The van der Waals surface area contributed by atoms with Gasteiger partial charge in [0.25, 0.3) is 5.91 Å². The Balaban J connectivity index is 1.87. The molecule has 1 saturated heterocycles. The van der Waals surface area contributed by atoms with Crippen LogP contribution >= 0.6 is 0 Å². The van der Waals surface area contributed by atoms with Crippen LogP contribution in [-0.2, 0) is 35.5 Å². The second kappa shape index (κ2) is 11.1. The van der Waals surface area contributed by atoms with Crippen LogP contribution in [0.25, 0.3) is 0 Å². The molecule has 174 valence electrons. The van der Waals surface area contributed by atoms with E-state index in [1.54, 1.807) is 49.9 Å². The number of benzene rings is 1. The topological polar surface area (TPSA) is 93.2 Å². The summed E-state index contributed by atoms with van der Waals surface area (Å²) in [6.07, 6.45) is -0.452. The van der Waals surface area contributed by atoms with Gasteiger partial charge >= 0.3 is 5.97 Å². The smallest absolute Gasteiger partial charge is 0.306 e. The maximum atomic E-state index is 12.6. The quantitative estimate of drug-likeness (QED) is 0.531. The van der Waals surface area contributed by atoms with Crippen LogP contribution in [0.5, 0.6) is 0 Å². The second-order valence-electron chi connectivity index (χ2n) is 7.87. The van der Waals surface area contributed by atoms with Crippen molar-refractivity contribution in [3.63, 3.8) is 0 Å². The van der Waals surface area contributed by atoms with Gasteiger partial charge < -0.3 is 14.4 Å². The largest absolute Gasteiger partial charge is 0.453 e. The molecule has 0 aromatic heterocycles. The summed E-state index contributed by atoms with van der Waals surface area (Å²) in [6.45, 7) is 10.8. The predicted octanol–water partition coefficient (Wildman–Crippen LogP) is 2.22. The molecule has 0 saturated carbocycles. The number of nitrogens with zero attached hydrogens (tertiary/aromatic N) is 2. The van der Waals surface area contributed by atoms with Crippen molar-refractivity contribution in [1.29, 1.82) is 0 Å². The van der Waals surface area contributed by atoms with Crippen LogP contribution in [0.1, 0.15) is 46.6 Å². The lowest BCUT2D eigenvalue weighted by atomic mass is 10.1. The minimum Gasteiger partial charge on any atom is -0.453 e. The van der Waals surface area contributed by atoms with E-state index in [4.69, 9.17) is 9.47 Å². The normalized spacial score (nSPS) is 20.5. The lowest BCUT2D eigenvalue weighted by Gasteiger charge is -2.36. The van der Waals surface area contributed by atoms with Crippen LogP contribution in [0.4, 0.5) is 0 Å². The zero-order chi connectivity index (χ0) is 23.2. The molecule has 9 heteroatoms. The number of ether oxygens (including phenoxy) is 2. The molecule has 1 aliphatic rings. The number of carbonyl (C=O) groups excluding carboxylic acids is 2. The third-order valence-electron chi connectivity index (χ3n) is 5.27. The highest BCUT2D eigenvalue weighted by Gasteiger charge is 2.30. The van der Waals surface area contributed by atoms with Crippen molar-refractivity contribution in [3.05, 3.63) is 29.8 Å². The summed E-state index contributed by atoms with van der Waals surface area (Å²) in [6, 6.07) is 6.52. The second-order valence-corrected chi connectivity index (χ2v) is 9.80. The van der Waals surface area contributed by atoms with Gasteiger partial charge in [-0.15, -0.1) is 0 Å². The van der Waals surface area contributed by atoms with E-state index in [0.717, 1.165) is 5.56 Å². The Morgan fingerprint density at radius 3 is 2.19 bits per heavy atom. The molecule has 0 spiro atoms. The van der Waals surface area contributed by atoms with Gasteiger partial charge in [0.2, 0.25) is 10.0 Å². The van der Waals surface area contributed by atoms with E-state index in [1.807, 2.05) is 13.8 Å². The third kappa shape index (κ3) is 6.75. The Labute approximate surface area is 185 Å². The number of amides is 1. The van der Waals surface area contributed by atoms with Crippen LogP contribution in [0.3, 0.4) is 0 Å². The van der Waals surface area contributed by atoms with E-state index < -0.39 is 22.1 Å². The van der Waals surface area contributed by atoms with Crippen LogP contribution in [-0.4, -0.2) is 74.0 Å². The molecule has 8 nitrogen and oxygen atoms in total. The number of sulfonamides is 1. The first kappa shape index (κ1) is 25.3. The summed E-state index contributed by atoms with van der Waals surface area (Å²) in [5.74, 6) is -0.684. The lowest BCUT2D eigenvalue weighted by Crippen LogP contribution is -2.51. The van der Waals surface area contributed by atoms with Crippen molar-refractivity contribution >= 4 is 21.9 Å². The molecule has 0 aliphatic carbocycles. The van der Waals surface area contributed by atoms with Gasteiger partial charge in [-0.2, -0.15) is 4.31 Å². The highest BCUT2D eigenvalue weighted by atomic mass is 32.2. The maximum absolute atomic E-state index is 12.6. The molecule has 1 aromatic carbocycles. The molecule has 1 aliphatic heterocycles. The number of hydrogen-bond donors (Lipinski definition) is 0. The fourth-order valence-corrected chi connectivity index (χ4v) is 5.17. The molecule has 2 rings (SSSR count). The average Bonchev–Trinajstić information content (AvgIpc) is 2.72. The van der Waals surface area contributed by atoms with Crippen molar-refractivity contribution in [2.45, 2.75) is 70.7 Å². The van der Waals surface area contributed by atoms with Crippen LogP contribution < -0.4 is 0 Å². The number of rotatable bonds is 9. The van der Waals surface area contributed by atoms with Crippen molar-refractivity contribution < 1.29 is 27.5 Å². The number of esters is 1. The molecule has 3 unspecified atom stereocenters. The number of hydrogen-bond acceptors (Lipinski definition) is 6. The van der Waals surface area contributed by atoms with Gasteiger partial charge in [-0.25, -0.2) is 8.42 Å². The van der Waals surface area contributed by atoms with Crippen LogP contribution in [0.2, 0.25) is 0 Å². The molecular weight excluding hydrogens is 420 g/mol. The molecule has 0 N–H and O–H groups in total. The van der Waals surface area contributed by atoms with E-state index in [9.17, 15) is 18.0 Å². The minimum absolute atomic E-state index is 0.0517. The first-order chi connectivity index (χ1) is 14.6. The van der Waals surface area contributed by atoms with Gasteiger partial charge in [0.15, 0.2) is 6.10 Å². The molecule has 1 heterocycles. The Kier molecular flexibility index (Phi) is 9.02. The van der Waals surface area contributed by atoms with Crippen molar-refractivity contribution in [2.75, 3.05) is 26.2 Å². The SMILES string of the molecule is CCN(CC)S(=O)(=O)c1ccc(CCC(=O)OC(C)C(=O)N2CC(C)OC(C)C2)cc1. The molecule has 1 fully saturated rings. The summed E-state index contributed by atoms with van der Waals surface area (Å²) < 4.78 is 37.4. The maximum Gasteiger partial charge on any atom is 0.306 e.